The summed E-state index contributed by atoms with van der Waals surface area (Å²) >= 11 is 1.74. The van der Waals surface area contributed by atoms with Gasteiger partial charge in [-0.15, -0.1) is 0 Å². The molecule has 0 aliphatic rings. The summed E-state index contributed by atoms with van der Waals surface area (Å²) in [4.78, 5) is 5.79. The second-order valence-electron chi connectivity index (χ2n) is 4.04. The Hall–Kier alpha value is -1.87. The SMILES string of the molecule is CCn1c(=Nc2ccccc2)sc2ccccc21. The lowest BCUT2D eigenvalue weighted by atomic mass is 10.3. The third-order valence-corrected chi connectivity index (χ3v) is 3.94. The molecule has 0 aliphatic carbocycles. The Labute approximate surface area is 110 Å². The molecule has 0 atom stereocenters. The third-order valence-electron chi connectivity index (χ3n) is 2.89. The van der Waals surface area contributed by atoms with Gasteiger partial charge in [0.1, 0.15) is 0 Å². The summed E-state index contributed by atoms with van der Waals surface area (Å²) in [6.07, 6.45) is 0. The Morgan fingerprint density at radius 3 is 2.50 bits per heavy atom. The van der Waals surface area contributed by atoms with Crippen LogP contribution >= 0.6 is 11.3 Å². The van der Waals surface area contributed by atoms with Gasteiger partial charge >= 0.3 is 0 Å². The first-order chi connectivity index (χ1) is 8.88. The standard InChI is InChI=1S/C15H14N2S/c1-2-17-13-10-6-7-11-14(13)18-15(17)16-12-8-4-3-5-9-12/h3-11H,2H2,1H3. The smallest absolute Gasteiger partial charge is 0.190 e. The molecule has 1 heterocycles. The molecule has 3 aromatic rings. The van der Waals surface area contributed by atoms with Gasteiger partial charge < -0.3 is 4.57 Å². The van der Waals surface area contributed by atoms with Crippen LogP contribution in [0.1, 0.15) is 6.92 Å². The van der Waals surface area contributed by atoms with Crippen LogP contribution < -0.4 is 4.80 Å². The zero-order chi connectivity index (χ0) is 12.4. The van der Waals surface area contributed by atoms with Crippen LogP contribution in [0, 0.1) is 0 Å². The van der Waals surface area contributed by atoms with E-state index in [1.807, 2.05) is 30.3 Å². The molecule has 0 spiro atoms. The lowest BCUT2D eigenvalue weighted by Gasteiger charge is -1.99. The molecule has 0 fully saturated rings. The molecule has 90 valence electrons. The first-order valence-electron chi connectivity index (χ1n) is 6.06. The van der Waals surface area contributed by atoms with Gasteiger partial charge in [0.2, 0.25) is 0 Å². The molecule has 18 heavy (non-hydrogen) atoms. The van der Waals surface area contributed by atoms with Gasteiger partial charge in [0, 0.05) is 6.54 Å². The summed E-state index contributed by atoms with van der Waals surface area (Å²) in [5.74, 6) is 0. The van der Waals surface area contributed by atoms with Crippen molar-refractivity contribution in [2.45, 2.75) is 13.5 Å². The molecule has 3 rings (SSSR count). The average molecular weight is 254 g/mol. The third kappa shape index (κ3) is 1.97. The van der Waals surface area contributed by atoms with Crippen molar-refractivity contribution in [1.29, 1.82) is 0 Å². The molecule has 2 nitrogen and oxygen atoms in total. The van der Waals surface area contributed by atoms with Crippen molar-refractivity contribution in [2.75, 3.05) is 0 Å². The van der Waals surface area contributed by atoms with Crippen LogP contribution in [-0.2, 0) is 6.54 Å². The van der Waals surface area contributed by atoms with Crippen molar-refractivity contribution < 1.29 is 0 Å². The molecular formula is C15H14N2S. The van der Waals surface area contributed by atoms with Crippen molar-refractivity contribution in [3.8, 4) is 0 Å². The second-order valence-corrected chi connectivity index (χ2v) is 5.05. The van der Waals surface area contributed by atoms with Crippen LogP contribution in [0.4, 0.5) is 5.69 Å². The Morgan fingerprint density at radius 2 is 1.72 bits per heavy atom. The lowest BCUT2D eigenvalue weighted by Crippen LogP contribution is -2.12. The van der Waals surface area contributed by atoms with Gasteiger partial charge in [0.25, 0.3) is 0 Å². The van der Waals surface area contributed by atoms with E-state index in [2.05, 4.69) is 35.8 Å². The van der Waals surface area contributed by atoms with Gasteiger partial charge in [-0.25, -0.2) is 4.99 Å². The van der Waals surface area contributed by atoms with Crippen molar-refractivity contribution in [3.63, 3.8) is 0 Å². The van der Waals surface area contributed by atoms with E-state index >= 15 is 0 Å². The number of rotatable bonds is 2. The van der Waals surface area contributed by atoms with E-state index in [1.54, 1.807) is 11.3 Å². The summed E-state index contributed by atoms with van der Waals surface area (Å²) in [7, 11) is 0. The van der Waals surface area contributed by atoms with Crippen LogP contribution in [0.3, 0.4) is 0 Å². The molecule has 0 saturated carbocycles. The van der Waals surface area contributed by atoms with Gasteiger partial charge in [-0.2, -0.15) is 0 Å². The van der Waals surface area contributed by atoms with E-state index in [-0.39, 0.29) is 0 Å². The number of aromatic nitrogens is 1. The van der Waals surface area contributed by atoms with Crippen LogP contribution in [0.25, 0.3) is 10.2 Å². The number of thiazole rings is 1. The first kappa shape index (κ1) is 11.2. The van der Waals surface area contributed by atoms with Crippen LogP contribution in [0.15, 0.2) is 59.6 Å². The molecule has 1 aromatic heterocycles. The maximum absolute atomic E-state index is 4.73. The Balaban J connectivity index is 2.26. The van der Waals surface area contributed by atoms with Gasteiger partial charge in [-0.05, 0) is 31.2 Å². The maximum Gasteiger partial charge on any atom is 0.190 e. The molecule has 2 aromatic carbocycles. The molecule has 0 N–H and O–H groups in total. The quantitative estimate of drug-likeness (QED) is 0.659. The van der Waals surface area contributed by atoms with Crippen LogP contribution in [0.5, 0.6) is 0 Å². The number of aryl methyl sites for hydroxylation is 1. The predicted molar refractivity (Wildman–Crippen MR) is 77.2 cm³/mol. The highest BCUT2D eigenvalue weighted by Crippen LogP contribution is 2.18. The predicted octanol–water partition coefficient (Wildman–Crippen LogP) is 3.96. The molecule has 0 saturated heterocycles. The summed E-state index contributed by atoms with van der Waals surface area (Å²) in [6, 6.07) is 18.6. The number of hydrogen-bond donors (Lipinski definition) is 0. The first-order valence-corrected chi connectivity index (χ1v) is 6.88. The highest BCUT2D eigenvalue weighted by Gasteiger charge is 2.03. The molecule has 0 aliphatic heterocycles. The fourth-order valence-corrected chi connectivity index (χ4v) is 3.14. The van der Waals surface area contributed by atoms with E-state index in [0.717, 1.165) is 17.0 Å². The van der Waals surface area contributed by atoms with Gasteiger partial charge in [-0.1, -0.05) is 41.7 Å². The number of para-hydroxylation sites is 2. The molecular weight excluding hydrogens is 240 g/mol. The largest absolute Gasteiger partial charge is 0.317 e. The lowest BCUT2D eigenvalue weighted by molar-refractivity contribution is 0.765. The van der Waals surface area contributed by atoms with Crippen molar-refractivity contribution in [3.05, 3.63) is 59.4 Å². The van der Waals surface area contributed by atoms with Crippen LogP contribution in [0.2, 0.25) is 0 Å². The Morgan fingerprint density at radius 1 is 1.00 bits per heavy atom. The van der Waals surface area contributed by atoms with Gasteiger partial charge in [0.05, 0.1) is 15.9 Å². The minimum Gasteiger partial charge on any atom is -0.317 e. The molecule has 0 radical (unpaired) electrons. The van der Waals surface area contributed by atoms with Crippen LogP contribution in [-0.4, -0.2) is 4.57 Å². The fraction of sp³-hybridized carbons (Fsp3) is 0.133. The fourth-order valence-electron chi connectivity index (χ4n) is 2.02. The maximum atomic E-state index is 4.73. The van der Waals surface area contributed by atoms with E-state index in [1.165, 1.54) is 10.2 Å². The molecule has 0 amide bonds. The highest BCUT2D eigenvalue weighted by molar-refractivity contribution is 7.16. The van der Waals surface area contributed by atoms with E-state index in [9.17, 15) is 0 Å². The van der Waals surface area contributed by atoms with Crippen molar-refractivity contribution >= 4 is 27.2 Å². The van der Waals surface area contributed by atoms with Gasteiger partial charge in [0.15, 0.2) is 4.80 Å². The minimum absolute atomic E-state index is 0.940. The van der Waals surface area contributed by atoms with Gasteiger partial charge in [-0.3, -0.25) is 0 Å². The zero-order valence-corrected chi connectivity index (χ0v) is 11.0. The average Bonchev–Trinajstić information content (AvgIpc) is 2.77. The molecule has 0 bridgehead atoms. The van der Waals surface area contributed by atoms with E-state index in [4.69, 9.17) is 4.99 Å². The molecule has 3 heteroatoms. The zero-order valence-electron chi connectivity index (χ0n) is 10.2. The summed E-state index contributed by atoms with van der Waals surface area (Å²) < 4.78 is 3.54. The number of fused-ring (bicyclic) bond motifs is 1. The highest BCUT2D eigenvalue weighted by atomic mass is 32.1. The topological polar surface area (TPSA) is 17.3 Å². The van der Waals surface area contributed by atoms with Crippen molar-refractivity contribution in [1.82, 2.24) is 4.57 Å². The summed E-state index contributed by atoms with van der Waals surface area (Å²) in [5.41, 5.74) is 2.27. The number of benzene rings is 2. The number of hydrogen-bond acceptors (Lipinski definition) is 2. The summed E-state index contributed by atoms with van der Waals surface area (Å²) in [5, 5.41) is 0. The van der Waals surface area contributed by atoms with E-state index < -0.39 is 0 Å². The normalized spacial score (nSPS) is 12.2. The molecule has 0 unspecified atom stereocenters. The minimum atomic E-state index is 0.940. The monoisotopic (exact) mass is 254 g/mol. The Bertz CT molecular complexity index is 723. The Kier molecular flexibility index (Phi) is 2.99. The number of nitrogens with zero attached hydrogens (tertiary/aromatic N) is 2. The second kappa shape index (κ2) is 4.78. The van der Waals surface area contributed by atoms with Crippen molar-refractivity contribution in [2.24, 2.45) is 4.99 Å². The van der Waals surface area contributed by atoms with E-state index in [0.29, 0.717) is 0 Å². The summed E-state index contributed by atoms with van der Waals surface area (Å²) in [6.45, 7) is 3.10.